The zero-order chi connectivity index (χ0) is 22.7. The van der Waals surface area contributed by atoms with Gasteiger partial charge in [0.05, 0.1) is 6.10 Å². The van der Waals surface area contributed by atoms with Crippen molar-refractivity contribution in [3.05, 3.63) is 77.6 Å². The summed E-state index contributed by atoms with van der Waals surface area (Å²) >= 11 is 0. The van der Waals surface area contributed by atoms with Gasteiger partial charge in [-0.3, -0.25) is 9.48 Å². The van der Waals surface area contributed by atoms with Crippen LogP contribution in [0.2, 0.25) is 0 Å². The number of carbonyl (C=O) groups excluding carboxylic acids is 1. The van der Waals surface area contributed by atoms with Crippen LogP contribution in [0.4, 0.5) is 8.78 Å². The Bertz CT molecular complexity index is 1080. The van der Waals surface area contributed by atoms with Gasteiger partial charge in [-0.25, -0.2) is 8.78 Å². The van der Waals surface area contributed by atoms with Crippen LogP contribution in [0.25, 0.3) is 11.1 Å². The lowest BCUT2D eigenvalue weighted by Gasteiger charge is -2.37. The zero-order valence-corrected chi connectivity index (χ0v) is 18.3. The molecular weight excluding hydrogens is 412 g/mol. The van der Waals surface area contributed by atoms with Gasteiger partial charge >= 0.3 is 0 Å². The molecule has 2 aromatic carbocycles. The number of ether oxygens (including phenoxy) is 1. The number of aryl methyl sites for hydroxylation is 1. The third-order valence-electron chi connectivity index (χ3n) is 5.96. The fourth-order valence-corrected chi connectivity index (χ4v) is 4.40. The highest BCUT2D eigenvalue weighted by atomic mass is 19.1. The number of aromatic nitrogens is 2. The van der Waals surface area contributed by atoms with Crippen molar-refractivity contribution in [3.63, 3.8) is 0 Å². The van der Waals surface area contributed by atoms with Crippen LogP contribution in [0.15, 0.2) is 54.7 Å². The van der Waals surface area contributed by atoms with Gasteiger partial charge in [0.1, 0.15) is 17.3 Å². The molecule has 1 aliphatic heterocycles. The van der Waals surface area contributed by atoms with Crippen LogP contribution in [0, 0.1) is 11.6 Å². The Hall–Kier alpha value is -3.06. The van der Waals surface area contributed by atoms with E-state index in [4.69, 9.17) is 4.74 Å². The average Bonchev–Trinajstić information content (AvgIpc) is 3.28. The summed E-state index contributed by atoms with van der Waals surface area (Å²) in [4.78, 5) is 15.0. The molecule has 32 heavy (non-hydrogen) atoms. The van der Waals surface area contributed by atoms with Crippen LogP contribution < -0.4 is 0 Å². The Labute approximate surface area is 186 Å². The van der Waals surface area contributed by atoms with Crippen molar-refractivity contribution < 1.29 is 18.3 Å². The molecule has 0 radical (unpaired) electrons. The van der Waals surface area contributed by atoms with E-state index in [-0.39, 0.29) is 18.1 Å². The van der Waals surface area contributed by atoms with E-state index in [1.54, 1.807) is 10.7 Å². The van der Waals surface area contributed by atoms with E-state index in [1.807, 2.05) is 49.2 Å². The van der Waals surface area contributed by atoms with Gasteiger partial charge in [-0.15, -0.1) is 0 Å². The highest BCUT2D eigenvalue weighted by molar-refractivity contribution is 5.92. The first-order chi connectivity index (χ1) is 15.5. The van der Waals surface area contributed by atoms with Gasteiger partial charge in [0.2, 0.25) is 0 Å². The van der Waals surface area contributed by atoms with Crippen molar-refractivity contribution in [3.8, 4) is 11.1 Å². The molecule has 168 valence electrons. The number of halogens is 2. The van der Waals surface area contributed by atoms with E-state index >= 15 is 0 Å². The van der Waals surface area contributed by atoms with E-state index in [0.29, 0.717) is 37.4 Å². The molecule has 2 heterocycles. The van der Waals surface area contributed by atoms with E-state index in [1.165, 1.54) is 12.1 Å². The molecule has 0 aliphatic carbocycles. The third kappa shape index (κ3) is 4.58. The summed E-state index contributed by atoms with van der Waals surface area (Å²) in [5.41, 5.74) is 2.50. The Morgan fingerprint density at radius 1 is 1.16 bits per heavy atom. The lowest BCUT2D eigenvalue weighted by atomic mass is 9.90. The summed E-state index contributed by atoms with van der Waals surface area (Å²) in [5.74, 6) is -1.33. The molecule has 1 aromatic heterocycles. The summed E-state index contributed by atoms with van der Waals surface area (Å²) in [6, 6.07) is 12.7. The number of nitrogens with zero attached hydrogens (tertiary/aromatic N) is 3. The second-order valence-corrected chi connectivity index (χ2v) is 7.93. The monoisotopic (exact) mass is 439 g/mol. The maximum absolute atomic E-state index is 13.9. The van der Waals surface area contributed by atoms with Crippen molar-refractivity contribution in [2.45, 2.75) is 45.4 Å². The molecule has 1 amide bonds. The first-order valence-electron chi connectivity index (χ1n) is 11.0. The summed E-state index contributed by atoms with van der Waals surface area (Å²) in [5, 5.41) is 4.36. The maximum Gasteiger partial charge on any atom is 0.274 e. The quantitative estimate of drug-likeness (QED) is 0.528. The van der Waals surface area contributed by atoms with Crippen LogP contribution in [0.3, 0.4) is 0 Å². The van der Waals surface area contributed by atoms with Gasteiger partial charge in [-0.1, -0.05) is 24.3 Å². The molecule has 0 saturated carbocycles. The molecule has 0 N–H and O–H groups in total. The lowest BCUT2D eigenvalue weighted by Crippen LogP contribution is -2.44. The van der Waals surface area contributed by atoms with Gasteiger partial charge in [0.15, 0.2) is 0 Å². The zero-order valence-electron chi connectivity index (χ0n) is 18.3. The summed E-state index contributed by atoms with van der Waals surface area (Å²) in [7, 11) is 0. The molecule has 1 saturated heterocycles. The molecular formula is C25H27F2N3O2. The van der Waals surface area contributed by atoms with Gasteiger partial charge in [-0.2, -0.15) is 5.10 Å². The fourth-order valence-electron chi connectivity index (χ4n) is 4.40. The molecule has 0 spiro atoms. The molecule has 0 unspecified atom stereocenters. The third-order valence-corrected chi connectivity index (χ3v) is 5.96. The summed E-state index contributed by atoms with van der Waals surface area (Å²) < 4.78 is 35.5. The largest absolute Gasteiger partial charge is 0.373 e. The van der Waals surface area contributed by atoms with Gasteiger partial charge in [-0.05, 0) is 61.6 Å². The Kier molecular flexibility index (Phi) is 6.65. The standard InChI is InChI=1S/C25H27F2N3O2/c1-3-29-11-9-23(28-29)25(31)30(4-2)20-10-12-32-24(16-20)22-8-6-5-7-21(22)17-13-18(26)15-19(27)14-17/h5-9,11,13-15,20,24H,3-4,10,12,16H2,1-2H3/t20-,24+/m0/s1. The Morgan fingerprint density at radius 3 is 2.59 bits per heavy atom. The fraction of sp³-hybridized carbons (Fsp3) is 0.360. The maximum atomic E-state index is 13.9. The van der Waals surface area contributed by atoms with Crippen LogP contribution in [-0.2, 0) is 11.3 Å². The number of rotatable bonds is 6. The second kappa shape index (κ2) is 9.61. The number of benzene rings is 2. The molecule has 5 nitrogen and oxygen atoms in total. The molecule has 3 aromatic rings. The molecule has 2 atom stereocenters. The Morgan fingerprint density at radius 2 is 1.91 bits per heavy atom. The highest BCUT2D eigenvalue weighted by Crippen LogP contribution is 2.37. The second-order valence-electron chi connectivity index (χ2n) is 7.93. The number of amides is 1. The molecule has 0 bridgehead atoms. The molecule has 1 aliphatic rings. The SMILES string of the molecule is CCN(C(=O)c1ccn(CC)n1)[C@H]1CCO[C@@H](c2ccccc2-c2cc(F)cc(F)c2)C1. The molecule has 1 fully saturated rings. The lowest BCUT2D eigenvalue weighted by molar-refractivity contribution is -0.0230. The topological polar surface area (TPSA) is 47.4 Å². The normalized spacial score (nSPS) is 18.5. The van der Waals surface area contributed by atoms with Gasteiger partial charge < -0.3 is 9.64 Å². The minimum atomic E-state index is -0.619. The smallest absolute Gasteiger partial charge is 0.274 e. The van der Waals surface area contributed by atoms with Crippen LogP contribution in [0.5, 0.6) is 0 Å². The predicted molar refractivity (Wildman–Crippen MR) is 118 cm³/mol. The number of hydrogen-bond acceptors (Lipinski definition) is 3. The van der Waals surface area contributed by atoms with E-state index in [2.05, 4.69) is 5.10 Å². The van der Waals surface area contributed by atoms with Crippen LogP contribution in [0.1, 0.15) is 48.8 Å². The minimum absolute atomic E-state index is 0.0182. The molecule has 7 heteroatoms. The van der Waals surface area contributed by atoms with Crippen molar-refractivity contribution in [1.82, 2.24) is 14.7 Å². The number of hydrogen-bond donors (Lipinski definition) is 0. The summed E-state index contributed by atoms with van der Waals surface area (Å²) in [6.07, 6.45) is 2.85. The predicted octanol–water partition coefficient (Wildman–Crippen LogP) is 5.23. The van der Waals surface area contributed by atoms with E-state index in [9.17, 15) is 13.6 Å². The van der Waals surface area contributed by atoms with E-state index < -0.39 is 11.6 Å². The van der Waals surface area contributed by atoms with Crippen LogP contribution >= 0.6 is 0 Å². The van der Waals surface area contributed by atoms with E-state index in [0.717, 1.165) is 23.6 Å². The Balaban J connectivity index is 1.59. The van der Waals surface area contributed by atoms with Crippen molar-refractivity contribution in [1.29, 1.82) is 0 Å². The van der Waals surface area contributed by atoms with Crippen LogP contribution in [-0.4, -0.2) is 39.8 Å². The average molecular weight is 440 g/mol. The van der Waals surface area contributed by atoms with Crippen molar-refractivity contribution >= 4 is 5.91 Å². The summed E-state index contributed by atoms with van der Waals surface area (Å²) in [6.45, 7) is 5.70. The minimum Gasteiger partial charge on any atom is -0.373 e. The first-order valence-corrected chi connectivity index (χ1v) is 11.0. The van der Waals surface area contributed by atoms with Gasteiger partial charge in [0.25, 0.3) is 5.91 Å². The molecule has 4 rings (SSSR count). The van der Waals surface area contributed by atoms with Gasteiger partial charge in [0, 0.05) is 38.0 Å². The first kappa shape index (κ1) is 22.1. The highest BCUT2D eigenvalue weighted by Gasteiger charge is 2.32. The van der Waals surface area contributed by atoms with Crippen molar-refractivity contribution in [2.24, 2.45) is 0 Å². The number of carbonyl (C=O) groups is 1. The van der Waals surface area contributed by atoms with Crippen molar-refractivity contribution in [2.75, 3.05) is 13.2 Å².